The van der Waals surface area contributed by atoms with Crippen molar-refractivity contribution in [1.82, 2.24) is 0 Å². The van der Waals surface area contributed by atoms with E-state index in [2.05, 4.69) is 12.2 Å². The Morgan fingerprint density at radius 2 is 0.833 bits per heavy atom. The van der Waals surface area contributed by atoms with Crippen molar-refractivity contribution in [2.24, 2.45) is 0 Å². The van der Waals surface area contributed by atoms with Gasteiger partial charge in [0, 0.05) is 0 Å². The summed E-state index contributed by atoms with van der Waals surface area (Å²) in [6, 6.07) is 0. The van der Waals surface area contributed by atoms with Crippen LogP contribution in [-0.4, -0.2) is 24.8 Å². The summed E-state index contributed by atoms with van der Waals surface area (Å²) in [4.78, 5) is 0. The van der Waals surface area contributed by atoms with Crippen LogP contribution in [-0.2, 0) is 0 Å². The third-order valence-electron chi connectivity index (χ3n) is 4.85. The van der Waals surface area contributed by atoms with E-state index in [1.807, 2.05) is 0 Å². The van der Waals surface area contributed by atoms with Crippen molar-refractivity contribution in [1.29, 1.82) is 0 Å². The van der Waals surface area contributed by atoms with Crippen molar-refractivity contribution in [2.75, 3.05) is 19.7 Å². The number of quaternary nitrogens is 1. The van der Waals surface area contributed by atoms with E-state index < -0.39 is 0 Å². The van der Waals surface area contributed by atoms with Crippen LogP contribution in [0.3, 0.4) is 0 Å². The van der Waals surface area contributed by atoms with Gasteiger partial charge in [-0.25, -0.2) is 0 Å². The van der Waals surface area contributed by atoms with Crippen LogP contribution in [0.2, 0.25) is 0 Å². The first-order valence-electron chi connectivity index (χ1n) is 10.8. The lowest BCUT2D eigenvalue weighted by Gasteiger charge is -2.03. The molecule has 2 nitrogen and oxygen atoms in total. The summed E-state index contributed by atoms with van der Waals surface area (Å²) in [5, 5.41) is 10.9. The van der Waals surface area contributed by atoms with Crippen LogP contribution in [0.5, 0.6) is 0 Å². The second kappa shape index (κ2) is 25.6. The van der Waals surface area contributed by atoms with E-state index in [9.17, 15) is 0 Å². The normalized spacial score (nSPS) is 10.8. The van der Waals surface area contributed by atoms with Crippen LogP contribution < -0.4 is 22.3 Å². The molecule has 0 unspecified atom stereocenters. The highest BCUT2D eigenvalue weighted by molar-refractivity contribution is 4.50. The molecule has 0 saturated heterocycles. The Morgan fingerprint density at radius 3 is 1.17 bits per heavy atom. The van der Waals surface area contributed by atoms with Crippen LogP contribution in [0.4, 0.5) is 0 Å². The average molecular weight is 409 g/mol. The predicted molar refractivity (Wildman–Crippen MR) is 103 cm³/mol. The lowest BCUT2D eigenvalue weighted by molar-refractivity contribution is -0.656. The molecule has 0 aromatic rings. The fourth-order valence-electron chi connectivity index (χ4n) is 3.25. The number of hydrogen-bond donors (Lipinski definition) is 2. The first kappa shape index (κ1) is 26.6. The van der Waals surface area contributed by atoms with E-state index in [1.54, 1.807) is 0 Å². The molecule has 0 amide bonds. The summed E-state index contributed by atoms with van der Waals surface area (Å²) in [6.07, 6.45) is 24.4. The Morgan fingerprint density at radius 1 is 0.500 bits per heavy atom. The van der Waals surface area contributed by atoms with Gasteiger partial charge < -0.3 is 27.4 Å². The average Bonchev–Trinajstić information content (AvgIpc) is 2.57. The molecular weight excluding hydrogens is 362 g/mol. The SMILES string of the molecule is CCCCCCCCCCCCCCCCCCC[NH2+]CCO.[Br-]. The Hall–Kier alpha value is 0.400. The molecule has 0 bridgehead atoms. The Labute approximate surface area is 163 Å². The molecule has 0 aromatic carbocycles. The van der Waals surface area contributed by atoms with Gasteiger partial charge in [0.05, 0.1) is 19.7 Å². The molecule has 0 saturated carbocycles. The first-order valence-corrected chi connectivity index (χ1v) is 10.8. The number of unbranched alkanes of at least 4 members (excludes halogenated alkanes) is 16. The molecule has 0 rings (SSSR count). The van der Waals surface area contributed by atoms with Crippen molar-refractivity contribution >= 4 is 0 Å². The third kappa shape index (κ3) is 24.6. The van der Waals surface area contributed by atoms with Gasteiger partial charge in [0.15, 0.2) is 0 Å². The van der Waals surface area contributed by atoms with Crippen molar-refractivity contribution < 1.29 is 27.4 Å². The van der Waals surface area contributed by atoms with Gasteiger partial charge in [-0.1, -0.05) is 103 Å². The van der Waals surface area contributed by atoms with Crippen LogP contribution in [0.1, 0.15) is 116 Å². The highest BCUT2D eigenvalue weighted by Gasteiger charge is 1.95. The Balaban J connectivity index is 0. The van der Waals surface area contributed by atoms with Gasteiger partial charge in [0.1, 0.15) is 0 Å². The van der Waals surface area contributed by atoms with E-state index in [4.69, 9.17) is 5.11 Å². The third-order valence-corrected chi connectivity index (χ3v) is 4.85. The Kier molecular flexibility index (Phi) is 28.4. The minimum Gasteiger partial charge on any atom is -1.00 e. The van der Waals surface area contributed by atoms with E-state index in [0.29, 0.717) is 6.61 Å². The highest BCUT2D eigenvalue weighted by atomic mass is 79.9. The maximum Gasteiger partial charge on any atom is 0.0990 e. The molecule has 0 heterocycles. The maximum absolute atomic E-state index is 8.68. The van der Waals surface area contributed by atoms with Crippen molar-refractivity contribution in [2.45, 2.75) is 116 Å². The lowest BCUT2D eigenvalue weighted by Crippen LogP contribution is -3.00. The largest absolute Gasteiger partial charge is 1.00 e. The number of rotatable bonds is 20. The predicted octanol–water partition coefficient (Wildman–Crippen LogP) is 2.20. The number of halogens is 1. The van der Waals surface area contributed by atoms with Gasteiger partial charge in [-0.2, -0.15) is 0 Å². The van der Waals surface area contributed by atoms with Gasteiger partial charge >= 0.3 is 0 Å². The number of hydrogen-bond acceptors (Lipinski definition) is 1. The molecule has 148 valence electrons. The molecule has 0 aliphatic carbocycles. The summed E-state index contributed by atoms with van der Waals surface area (Å²) in [5.74, 6) is 0. The van der Waals surface area contributed by atoms with Crippen molar-refractivity contribution in [3.8, 4) is 0 Å². The van der Waals surface area contributed by atoms with Gasteiger partial charge in [-0.05, 0) is 12.8 Å². The summed E-state index contributed by atoms with van der Waals surface area (Å²) in [6.45, 7) is 4.68. The molecule has 0 aliphatic rings. The Bertz CT molecular complexity index is 182. The second-order valence-corrected chi connectivity index (χ2v) is 7.25. The minimum atomic E-state index is 0. The smallest absolute Gasteiger partial charge is 0.0990 e. The van der Waals surface area contributed by atoms with Crippen LogP contribution >= 0.6 is 0 Å². The molecule has 24 heavy (non-hydrogen) atoms. The van der Waals surface area contributed by atoms with E-state index in [-0.39, 0.29) is 17.0 Å². The molecular formula is C21H46BrNO. The number of aliphatic hydroxyl groups is 1. The zero-order chi connectivity index (χ0) is 16.8. The summed E-state index contributed by atoms with van der Waals surface area (Å²) >= 11 is 0. The van der Waals surface area contributed by atoms with E-state index in [0.717, 1.165) is 6.54 Å². The molecule has 0 atom stereocenters. The maximum atomic E-state index is 8.68. The van der Waals surface area contributed by atoms with Crippen LogP contribution in [0, 0.1) is 0 Å². The quantitative estimate of drug-likeness (QED) is 0.298. The van der Waals surface area contributed by atoms with E-state index >= 15 is 0 Å². The van der Waals surface area contributed by atoms with E-state index in [1.165, 1.54) is 116 Å². The first-order chi connectivity index (χ1) is 11.4. The molecule has 0 aliphatic heterocycles. The second-order valence-electron chi connectivity index (χ2n) is 7.25. The summed E-state index contributed by atoms with van der Waals surface area (Å²) < 4.78 is 0. The lowest BCUT2D eigenvalue weighted by atomic mass is 10.0. The summed E-state index contributed by atoms with van der Waals surface area (Å²) in [5.41, 5.74) is 0. The summed E-state index contributed by atoms with van der Waals surface area (Å²) in [7, 11) is 0. The minimum absolute atomic E-state index is 0. The van der Waals surface area contributed by atoms with Crippen LogP contribution in [0.25, 0.3) is 0 Å². The molecule has 3 N–H and O–H groups in total. The molecule has 3 heteroatoms. The molecule has 0 spiro atoms. The fraction of sp³-hybridized carbons (Fsp3) is 1.00. The van der Waals surface area contributed by atoms with Gasteiger partial charge in [-0.3, -0.25) is 0 Å². The molecule has 0 fully saturated rings. The molecule has 0 aromatic heterocycles. The fourth-order valence-corrected chi connectivity index (χ4v) is 3.25. The van der Waals surface area contributed by atoms with Crippen LogP contribution in [0.15, 0.2) is 0 Å². The van der Waals surface area contributed by atoms with Gasteiger partial charge in [0.25, 0.3) is 0 Å². The standard InChI is InChI=1S/C21H45NO.BrH/c1-2-3-4-5-6-7-8-9-10-11-12-13-14-15-16-17-18-19-22-20-21-23;/h22-23H,2-21H2,1H3;1H. The monoisotopic (exact) mass is 407 g/mol. The highest BCUT2D eigenvalue weighted by Crippen LogP contribution is 2.13. The zero-order valence-corrected chi connectivity index (χ0v) is 18.1. The van der Waals surface area contributed by atoms with Gasteiger partial charge in [-0.15, -0.1) is 0 Å². The zero-order valence-electron chi connectivity index (χ0n) is 16.5. The topological polar surface area (TPSA) is 36.8 Å². The number of nitrogens with two attached hydrogens (primary N) is 1. The number of aliphatic hydroxyl groups excluding tert-OH is 1. The van der Waals surface area contributed by atoms with Crippen molar-refractivity contribution in [3.05, 3.63) is 0 Å². The van der Waals surface area contributed by atoms with Gasteiger partial charge in [0.2, 0.25) is 0 Å². The van der Waals surface area contributed by atoms with Crippen molar-refractivity contribution in [3.63, 3.8) is 0 Å². The molecule has 0 radical (unpaired) electrons.